The van der Waals surface area contributed by atoms with E-state index < -0.39 is 10.0 Å². The van der Waals surface area contributed by atoms with Crippen LogP contribution in [-0.2, 0) is 14.8 Å². The normalized spacial score (nSPS) is 17.6. The van der Waals surface area contributed by atoms with Gasteiger partial charge >= 0.3 is 0 Å². The second kappa shape index (κ2) is 6.83. The van der Waals surface area contributed by atoms with Crippen molar-refractivity contribution in [3.05, 3.63) is 28.2 Å². The summed E-state index contributed by atoms with van der Waals surface area (Å²) in [6.07, 6.45) is 0. The lowest BCUT2D eigenvalue weighted by molar-refractivity contribution is 0.0766. The summed E-state index contributed by atoms with van der Waals surface area (Å²) in [7, 11) is -2.10. The lowest BCUT2D eigenvalue weighted by atomic mass is 10.4. The Morgan fingerprint density at radius 1 is 1.25 bits per heavy atom. The van der Waals surface area contributed by atoms with Crippen LogP contribution in [0.1, 0.15) is 0 Å². The Balaban J connectivity index is 2.13. The van der Waals surface area contributed by atoms with Crippen LogP contribution in [-0.4, -0.2) is 49.8 Å². The molecule has 1 heterocycles. The summed E-state index contributed by atoms with van der Waals surface area (Å²) in [6.45, 7) is 2.58. The second-order valence-electron chi connectivity index (χ2n) is 4.11. The third-order valence-electron chi connectivity index (χ3n) is 2.73. The van der Waals surface area contributed by atoms with Crippen molar-refractivity contribution in [3.8, 4) is 0 Å². The van der Waals surface area contributed by atoms with Gasteiger partial charge in [-0.1, -0.05) is 23.2 Å². The molecule has 1 fully saturated rings. The van der Waals surface area contributed by atoms with E-state index in [2.05, 4.69) is 0 Å². The minimum Gasteiger partial charge on any atom is -0.379 e. The van der Waals surface area contributed by atoms with Crippen LogP contribution in [0.4, 0.5) is 0 Å². The van der Waals surface area contributed by atoms with Crippen LogP contribution in [0.25, 0.3) is 0 Å². The van der Waals surface area contributed by atoms with Gasteiger partial charge in [0.25, 0.3) is 10.0 Å². The second-order valence-corrected chi connectivity index (χ2v) is 8.36. The number of ether oxygens (including phenoxy) is 1. The van der Waals surface area contributed by atoms with Crippen LogP contribution in [0.2, 0.25) is 10.0 Å². The molecule has 0 radical (unpaired) electrons. The highest BCUT2D eigenvalue weighted by atomic mass is 35.5. The fourth-order valence-electron chi connectivity index (χ4n) is 1.62. The van der Waals surface area contributed by atoms with E-state index in [1.54, 1.807) is 0 Å². The van der Waals surface area contributed by atoms with Gasteiger partial charge in [-0.3, -0.25) is 0 Å². The summed E-state index contributed by atoms with van der Waals surface area (Å²) in [5, 5.41) is 0.548. The molecule has 1 aromatic carbocycles. The first-order valence-corrected chi connectivity index (χ1v) is 8.78. The predicted octanol–water partition coefficient (Wildman–Crippen LogP) is 2.51. The molecule has 1 aliphatic rings. The average Bonchev–Trinajstić information content (AvgIpc) is 2.42. The van der Waals surface area contributed by atoms with Crippen LogP contribution in [0, 0.1) is 0 Å². The molecule has 0 aromatic heterocycles. The summed E-state index contributed by atoms with van der Waals surface area (Å²) >= 11 is 12.8. The summed E-state index contributed by atoms with van der Waals surface area (Å²) in [5.74, 6) is 0. The SMILES string of the molecule is CN(SN1CCOCC1)S(=O)(=O)c1ccc(Cl)c(Cl)c1. The largest absolute Gasteiger partial charge is 0.379 e. The predicted molar refractivity (Wildman–Crippen MR) is 81.4 cm³/mol. The zero-order valence-corrected chi connectivity index (χ0v) is 13.9. The third kappa shape index (κ3) is 3.79. The van der Waals surface area contributed by atoms with Crippen molar-refractivity contribution in [2.75, 3.05) is 33.4 Å². The van der Waals surface area contributed by atoms with Gasteiger partial charge in [-0.15, -0.1) is 3.71 Å². The van der Waals surface area contributed by atoms with Crippen molar-refractivity contribution in [2.45, 2.75) is 4.90 Å². The van der Waals surface area contributed by atoms with Crippen molar-refractivity contribution < 1.29 is 13.2 Å². The van der Waals surface area contributed by atoms with Crippen molar-refractivity contribution in [3.63, 3.8) is 0 Å². The standard InChI is InChI=1S/C11H14Cl2N2O3S2/c1-14(19-15-4-6-18-7-5-15)20(16,17)9-2-3-10(12)11(13)8-9/h2-3,8H,4-7H2,1H3. The molecule has 9 heteroatoms. The maximum Gasteiger partial charge on any atom is 0.253 e. The Labute approximate surface area is 133 Å². The van der Waals surface area contributed by atoms with E-state index in [1.165, 1.54) is 29.0 Å². The van der Waals surface area contributed by atoms with E-state index in [0.717, 1.165) is 12.1 Å². The molecule has 0 spiro atoms. The maximum atomic E-state index is 12.4. The molecular formula is C11H14Cl2N2O3S2. The van der Waals surface area contributed by atoms with Gasteiger partial charge in [-0.25, -0.2) is 12.7 Å². The van der Waals surface area contributed by atoms with E-state index in [1.807, 2.05) is 4.31 Å². The lowest BCUT2D eigenvalue weighted by Crippen LogP contribution is -2.35. The van der Waals surface area contributed by atoms with Crippen LogP contribution >= 0.6 is 35.3 Å². The molecule has 1 aliphatic heterocycles. The summed E-state index contributed by atoms with van der Waals surface area (Å²) in [4.78, 5) is 0.121. The van der Waals surface area contributed by atoms with Gasteiger partial charge in [0.15, 0.2) is 0 Å². The van der Waals surface area contributed by atoms with Crippen molar-refractivity contribution in [1.82, 2.24) is 8.02 Å². The van der Waals surface area contributed by atoms with Gasteiger partial charge in [0.1, 0.15) is 0 Å². The molecule has 1 aromatic rings. The lowest BCUT2D eigenvalue weighted by Gasteiger charge is -2.28. The quantitative estimate of drug-likeness (QED) is 0.775. The topological polar surface area (TPSA) is 49.9 Å². The Bertz CT molecular complexity index is 577. The summed E-state index contributed by atoms with van der Waals surface area (Å²) < 4.78 is 33.2. The number of morpholine rings is 1. The Morgan fingerprint density at radius 3 is 2.50 bits per heavy atom. The number of sulfonamides is 1. The average molecular weight is 357 g/mol. The van der Waals surface area contributed by atoms with E-state index in [9.17, 15) is 8.42 Å². The van der Waals surface area contributed by atoms with Crippen LogP contribution in [0.5, 0.6) is 0 Å². The molecule has 0 N–H and O–H groups in total. The summed E-state index contributed by atoms with van der Waals surface area (Å²) in [6, 6.07) is 4.28. The van der Waals surface area contributed by atoms with E-state index >= 15 is 0 Å². The minimum absolute atomic E-state index is 0.121. The molecule has 5 nitrogen and oxygen atoms in total. The molecule has 0 saturated carbocycles. The number of halogens is 2. The highest BCUT2D eigenvalue weighted by Gasteiger charge is 2.25. The van der Waals surface area contributed by atoms with Crippen molar-refractivity contribution in [1.29, 1.82) is 0 Å². The van der Waals surface area contributed by atoms with Gasteiger partial charge < -0.3 is 4.74 Å². The summed E-state index contributed by atoms with van der Waals surface area (Å²) in [5.41, 5.74) is 0. The molecule has 20 heavy (non-hydrogen) atoms. The Hall–Kier alpha value is -0.0200. The van der Waals surface area contributed by atoms with Crippen molar-refractivity contribution >= 4 is 45.4 Å². The number of hydrogen-bond donors (Lipinski definition) is 0. The molecular weight excluding hydrogens is 343 g/mol. The first-order valence-electron chi connectivity index (χ1n) is 5.86. The van der Waals surface area contributed by atoms with E-state index in [0.29, 0.717) is 31.3 Å². The molecule has 0 aliphatic carbocycles. The fraction of sp³-hybridized carbons (Fsp3) is 0.455. The zero-order chi connectivity index (χ0) is 14.8. The first-order chi connectivity index (χ1) is 9.41. The van der Waals surface area contributed by atoms with Gasteiger partial charge in [-0.2, -0.15) is 0 Å². The smallest absolute Gasteiger partial charge is 0.253 e. The van der Waals surface area contributed by atoms with Gasteiger partial charge in [0.2, 0.25) is 0 Å². The van der Waals surface area contributed by atoms with Gasteiger partial charge in [0.05, 0.1) is 28.2 Å². The van der Waals surface area contributed by atoms with Crippen LogP contribution in [0.15, 0.2) is 23.1 Å². The monoisotopic (exact) mass is 356 g/mol. The van der Waals surface area contributed by atoms with E-state index in [4.69, 9.17) is 27.9 Å². The van der Waals surface area contributed by atoms with Crippen LogP contribution < -0.4 is 0 Å². The molecule has 2 rings (SSSR count). The van der Waals surface area contributed by atoms with Crippen molar-refractivity contribution in [2.24, 2.45) is 0 Å². The Morgan fingerprint density at radius 2 is 1.90 bits per heavy atom. The molecule has 0 atom stereocenters. The number of nitrogens with zero attached hydrogens (tertiary/aromatic N) is 2. The molecule has 1 saturated heterocycles. The minimum atomic E-state index is -3.61. The highest BCUT2D eigenvalue weighted by Crippen LogP contribution is 2.29. The molecule has 112 valence electrons. The molecule has 0 amide bonds. The van der Waals surface area contributed by atoms with Gasteiger partial charge in [-0.05, 0) is 18.2 Å². The van der Waals surface area contributed by atoms with E-state index in [-0.39, 0.29) is 9.92 Å². The first kappa shape index (κ1) is 16.4. The Kier molecular flexibility index (Phi) is 5.58. The number of rotatable bonds is 4. The highest BCUT2D eigenvalue weighted by molar-refractivity contribution is 8.07. The third-order valence-corrected chi connectivity index (χ3v) is 6.61. The number of hydrogen-bond acceptors (Lipinski definition) is 5. The number of benzene rings is 1. The fourth-order valence-corrected chi connectivity index (χ4v) is 4.32. The van der Waals surface area contributed by atoms with Crippen LogP contribution in [0.3, 0.4) is 0 Å². The molecule has 0 bridgehead atoms. The van der Waals surface area contributed by atoms with Gasteiger partial charge in [0, 0.05) is 32.3 Å². The molecule has 0 unspecified atom stereocenters. The maximum absolute atomic E-state index is 12.4. The zero-order valence-electron chi connectivity index (χ0n) is 10.8.